The van der Waals surface area contributed by atoms with Gasteiger partial charge in [-0.05, 0) is 77.8 Å². The first-order valence-electron chi connectivity index (χ1n) is 10.4. The Bertz CT molecular complexity index is 1050. The molecule has 0 aromatic heterocycles. The van der Waals surface area contributed by atoms with Crippen LogP contribution < -0.4 is 24.3 Å². The van der Waals surface area contributed by atoms with Crippen LogP contribution in [0.4, 0.5) is 5.69 Å². The van der Waals surface area contributed by atoms with Crippen LogP contribution in [0.3, 0.4) is 0 Å². The number of hydrogen-bond acceptors (Lipinski definition) is 5. The van der Waals surface area contributed by atoms with Crippen LogP contribution in [0.1, 0.15) is 30.6 Å². The molecule has 0 radical (unpaired) electrons. The summed E-state index contributed by atoms with van der Waals surface area (Å²) in [6.45, 7) is 4.95. The molecule has 1 N–H and O–H groups in total. The minimum atomic E-state index is -0.257. The fourth-order valence-electron chi connectivity index (χ4n) is 2.95. The molecule has 168 valence electrons. The lowest BCUT2D eigenvalue weighted by Gasteiger charge is -2.15. The summed E-state index contributed by atoms with van der Waals surface area (Å²) in [6.07, 6.45) is 0.872. The topological polar surface area (TPSA) is 66.0 Å². The predicted octanol–water partition coefficient (Wildman–Crippen LogP) is 6.69. The highest BCUT2D eigenvalue weighted by atomic mass is 79.9. The van der Waals surface area contributed by atoms with Crippen molar-refractivity contribution in [2.24, 2.45) is 0 Å². The first-order chi connectivity index (χ1) is 15.5. The maximum Gasteiger partial charge on any atom is 0.255 e. The zero-order valence-electron chi connectivity index (χ0n) is 18.3. The molecule has 0 saturated carbocycles. The van der Waals surface area contributed by atoms with Gasteiger partial charge in [0.05, 0.1) is 24.8 Å². The lowest BCUT2D eigenvalue weighted by Crippen LogP contribution is -2.12. The number of para-hydroxylation sites is 2. The van der Waals surface area contributed by atoms with Crippen molar-refractivity contribution in [1.29, 1.82) is 0 Å². The number of benzene rings is 3. The molecule has 0 unspecified atom stereocenters. The molecule has 0 aliphatic carbocycles. The van der Waals surface area contributed by atoms with E-state index < -0.39 is 0 Å². The largest absolute Gasteiger partial charge is 0.493 e. The Labute approximate surface area is 196 Å². The van der Waals surface area contributed by atoms with Crippen LogP contribution in [-0.4, -0.2) is 26.2 Å². The Morgan fingerprint density at radius 1 is 0.938 bits per heavy atom. The molecule has 6 nitrogen and oxygen atoms in total. The third kappa shape index (κ3) is 5.95. The fourth-order valence-corrected chi connectivity index (χ4v) is 3.50. The van der Waals surface area contributed by atoms with E-state index >= 15 is 0 Å². The third-order valence-electron chi connectivity index (χ3n) is 4.43. The lowest BCUT2D eigenvalue weighted by molar-refractivity contribution is 0.102. The van der Waals surface area contributed by atoms with E-state index in [1.807, 2.05) is 38.1 Å². The summed E-state index contributed by atoms with van der Waals surface area (Å²) >= 11 is 3.49. The van der Waals surface area contributed by atoms with E-state index in [0.717, 1.165) is 6.42 Å². The highest BCUT2D eigenvalue weighted by Crippen LogP contribution is 2.37. The summed E-state index contributed by atoms with van der Waals surface area (Å²) in [5, 5.41) is 2.89. The van der Waals surface area contributed by atoms with Gasteiger partial charge in [0.25, 0.3) is 5.91 Å². The SMILES string of the molecule is CCCOc1c(Br)cc(C(=O)Nc2ccc(Oc3ccccc3OC)cc2)cc1OCC. The molecule has 0 spiro atoms. The standard InChI is InChI=1S/C25H26BrNO5/c1-4-14-31-24-20(26)15-17(16-23(24)30-5-2)25(28)27-18-10-12-19(13-11-18)32-22-9-7-6-8-21(22)29-3/h6-13,15-16H,4-5,14H2,1-3H3,(H,27,28). The number of carbonyl (C=O) groups is 1. The fraction of sp³-hybridized carbons (Fsp3) is 0.240. The lowest BCUT2D eigenvalue weighted by atomic mass is 10.1. The molecule has 0 bridgehead atoms. The highest BCUT2D eigenvalue weighted by molar-refractivity contribution is 9.10. The molecule has 0 aliphatic rings. The van der Waals surface area contributed by atoms with E-state index in [4.69, 9.17) is 18.9 Å². The van der Waals surface area contributed by atoms with Crippen molar-refractivity contribution >= 4 is 27.5 Å². The second-order valence-electron chi connectivity index (χ2n) is 6.80. The first-order valence-corrected chi connectivity index (χ1v) is 11.2. The molecule has 1 amide bonds. The van der Waals surface area contributed by atoms with Crippen molar-refractivity contribution in [3.05, 3.63) is 70.7 Å². The number of anilines is 1. The maximum atomic E-state index is 12.8. The van der Waals surface area contributed by atoms with Crippen molar-refractivity contribution < 1.29 is 23.7 Å². The molecule has 0 fully saturated rings. The van der Waals surface area contributed by atoms with Gasteiger partial charge < -0.3 is 24.3 Å². The summed E-state index contributed by atoms with van der Waals surface area (Å²) < 4.78 is 23.3. The number of hydrogen-bond donors (Lipinski definition) is 1. The number of nitrogens with one attached hydrogen (secondary N) is 1. The van der Waals surface area contributed by atoms with E-state index in [0.29, 0.717) is 57.7 Å². The second kappa shape index (κ2) is 11.4. The van der Waals surface area contributed by atoms with Crippen LogP contribution in [0.2, 0.25) is 0 Å². The molecule has 0 heterocycles. The zero-order chi connectivity index (χ0) is 22.9. The molecule has 0 aliphatic heterocycles. The summed E-state index contributed by atoms with van der Waals surface area (Å²) in [4.78, 5) is 12.8. The number of halogens is 1. The molecule has 0 atom stereocenters. The molecular weight excluding hydrogens is 474 g/mol. The number of rotatable bonds is 10. The van der Waals surface area contributed by atoms with Crippen LogP contribution in [0.5, 0.6) is 28.7 Å². The number of ether oxygens (including phenoxy) is 4. The normalized spacial score (nSPS) is 10.4. The monoisotopic (exact) mass is 499 g/mol. The van der Waals surface area contributed by atoms with E-state index in [-0.39, 0.29) is 5.91 Å². The van der Waals surface area contributed by atoms with E-state index in [9.17, 15) is 4.79 Å². The van der Waals surface area contributed by atoms with E-state index in [2.05, 4.69) is 21.2 Å². The average molecular weight is 500 g/mol. The van der Waals surface area contributed by atoms with Gasteiger partial charge in [0, 0.05) is 11.3 Å². The number of carbonyl (C=O) groups excluding carboxylic acids is 1. The maximum absolute atomic E-state index is 12.8. The van der Waals surface area contributed by atoms with Gasteiger partial charge in [-0.15, -0.1) is 0 Å². The molecule has 7 heteroatoms. The van der Waals surface area contributed by atoms with Gasteiger partial charge in [0.1, 0.15) is 5.75 Å². The molecular formula is C25H26BrNO5. The minimum Gasteiger partial charge on any atom is -0.493 e. The van der Waals surface area contributed by atoms with Gasteiger partial charge in [-0.3, -0.25) is 4.79 Å². The smallest absolute Gasteiger partial charge is 0.255 e. The van der Waals surface area contributed by atoms with Crippen LogP contribution in [0.15, 0.2) is 65.1 Å². The third-order valence-corrected chi connectivity index (χ3v) is 5.02. The van der Waals surface area contributed by atoms with Gasteiger partial charge in [0.15, 0.2) is 23.0 Å². The Balaban J connectivity index is 1.72. The Morgan fingerprint density at radius 2 is 1.66 bits per heavy atom. The van der Waals surface area contributed by atoms with E-state index in [1.165, 1.54) is 0 Å². The zero-order valence-corrected chi connectivity index (χ0v) is 19.9. The van der Waals surface area contributed by atoms with Gasteiger partial charge in [0.2, 0.25) is 0 Å². The molecule has 0 saturated heterocycles. The summed E-state index contributed by atoms with van der Waals surface area (Å²) in [5.74, 6) is 2.76. The van der Waals surface area contributed by atoms with Crippen molar-refractivity contribution in [2.45, 2.75) is 20.3 Å². The summed E-state index contributed by atoms with van der Waals surface area (Å²) in [7, 11) is 1.60. The molecule has 32 heavy (non-hydrogen) atoms. The average Bonchev–Trinajstić information content (AvgIpc) is 2.80. The minimum absolute atomic E-state index is 0.257. The van der Waals surface area contributed by atoms with Gasteiger partial charge in [-0.1, -0.05) is 19.1 Å². The van der Waals surface area contributed by atoms with Gasteiger partial charge in [-0.2, -0.15) is 0 Å². The Kier molecular flexibility index (Phi) is 8.39. The summed E-state index contributed by atoms with van der Waals surface area (Å²) in [6, 6.07) is 17.9. The van der Waals surface area contributed by atoms with Crippen molar-refractivity contribution in [2.75, 3.05) is 25.6 Å². The van der Waals surface area contributed by atoms with Crippen LogP contribution >= 0.6 is 15.9 Å². The predicted molar refractivity (Wildman–Crippen MR) is 129 cm³/mol. The summed E-state index contributed by atoms with van der Waals surface area (Å²) in [5.41, 5.74) is 1.10. The van der Waals surface area contributed by atoms with Crippen LogP contribution in [0.25, 0.3) is 0 Å². The van der Waals surface area contributed by atoms with Crippen molar-refractivity contribution in [3.63, 3.8) is 0 Å². The number of methoxy groups -OCH3 is 1. The second-order valence-corrected chi connectivity index (χ2v) is 7.65. The Hall–Kier alpha value is -3.19. The quantitative estimate of drug-likeness (QED) is 0.336. The van der Waals surface area contributed by atoms with Crippen molar-refractivity contribution in [1.82, 2.24) is 0 Å². The van der Waals surface area contributed by atoms with E-state index in [1.54, 1.807) is 43.5 Å². The molecule has 3 aromatic carbocycles. The van der Waals surface area contributed by atoms with Gasteiger partial charge >= 0.3 is 0 Å². The highest BCUT2D eigenvalue weighted by Gasteiger charge is 2.16. The molecule has 3 rings (SSSR count). The van der Waals surface area contributed by atoms with Gasteiger partial charge in [-0.25, -0.2) is 0 Å². The molecule has 3 aromatic rings. The van der Waals surface area contributed by atoms with Crippen LogP contribution in [-0.2, 0) is 0 Å². The Morgan fingerprint density at radius 3 is 2.31 bits per heavy atom. The van der Waals surface area contributed by atoms with Crippen molar-refractivity contribution in [3.8, 4) is 28.7 Å². The first kappa shape index (κ1) is 23.5. The van der Waals surface area contributed by atoms with Crippen LogP contribution in [0, 0.1) is 0 Å². The number of amides is 1.